The van der Waals surface area contributed by atoms with E-state index in [0.717, 1.165) is 38.4 Å². The number of ether oxygens (including phenoxy) is 1. The van der Waals surface area contributed by atoms with Gasteiger partial charge in [0.2, 0.25) is 0 Å². The van der Waals surface area contributed by atoms with Crippen molar-refractivity contribution >= 4 is 0 Å². The second-order valence-corrected chi connectivity index (χ2v) is 6.34. The monoisotopic (exact) mass is 290 g/mol. The molecule has 21 heavy (non-hydrogen) atoms. The van der Waals surface area contributed by atoms with E-state index < -0.39 is 0 Å². The van der Waals surface area contributed by atoms with E-state index in [1.165, 1.54) is 12.8 Å². The van der Waals surface area contributed by atoms with Gasteiger partial charge < -0.3 is 10.1 Å². The van der Waals surface area contributed by atoms with Crippen LogP contribution in [0.5, 0.6) is 5.75 Å². The maximum atomic E-state index is 5.80. The fraction of sp³-hybridized carbons (Fsp3) is 0.667. The molecule has 1 aromatic rings. The van der Waals surface area contributed by atoms with Gasteiger partial charge in [-0.2, -0.15) is 0 Å². The van der Waals surface area contributed by atoms with Gasteiger partial charge in [-0.15, -0.1) is 0 Å². The van der Waals surface area contributed by atoms with Crippen molar-refractivity contribution in [3.63, 3.8) is 0 Å². The first-order chi connectivity index (χ1) is 10.2. The minimum atomic E-state index is 0.270. The molecule has 1 N–H and O–H groups in total. The Bertz CT molecular complexity index is 409. The molecule has 3 heteroatoms. The van der Waals surface area contributed by atoms with Crippen molar-refractivity contribution in [3.05, 3.63) is 30.3 Å². The second-order valence-electron chi connectivity index (χ2n) is 6.34. The van der Waals surface area contributed by atoms with Crippen LogP contribution in [-0.2, 0) is 0 Å². The first-order valence-corrected chi connectivity index (χ1v) is 8.34. The van der Waals surface area contributed by atoms with Crippen LogP contribution in [0.2, 0.25) is 0 Å². The lowest BCUT2D eigenvalue weighted by Crippen LogP contribution is -2.62. The van der Waals surface area contributed by atoms with Crippen molar-refractivity contribution < 1.29 is 4.74 Å². The van der Waals surface area contributed by atoms with E-state index >= 15 is 0 Å². The molecule has 2 unspecified atom stereocenters. The van der Waals surface area contributed by atoms with Crippen molar-refractivity contribution in [2.45, 2.75) is 51.6 Å². The fourth-order valence-electron chi connectivity index (χ4n) is 3.00. The molecule has 1 heterocycles. The average Bonchev–Trinajstić information content (AvgIpc) is 2.53. The summed E-state index contributed by atoms with van der Waals surface area (Å²) in [6.07, 6.45) is 3.48. The van der Waals surface area contributed by atoms with Crippen LogP contribution in [0.25, 0.3) is 0 Å². The highest BCUT2D eigenvalue weighted by Gasteiger charge is 2.33. The van der Waals surface area contributed by atoms with Gasteiger partial charge in [-0.05, 0) is 38.3 Å². The van der Waals surface area contributed by atoms with E-state index in [1.807, 2.05) is 30.3 Å². The molecular weight excluding hydrogens is 260 g/mol. The number of hydrogen-bond donors (Lipinski definition) is 1. The summed E-state index contributed by atoms with van der Waals surface area (Å²) < 4.78 is 5.80. The second kappa shape index (κ2) is 7.81. The standard InChI is InChI=1S/C18H30N2O/c1-4-16-14-19-18(3,5-2)15-20(16)12-9-13-21-17-10-7-6-8-11-17/h6-8,10-11,16,19H,4-5,9,12-15H2,1-3H3. The Morgan fingerprint density at radius 2 is 2.05 bits per heavy atom. The van der Waals surface area contributed by atoms with Gasteiger partial charge in [0.25, 0.3) is 0 Å². The summed E-state index contributed by atoms with van der Waals surface area (Å²) in [7, 11) is 0. The van der Waals surface area contributed by atoms with Crippen molar-refractivity contribution in [1.82, 2.24) is 10.2 Å². The summed E-state index contributed by atoms with van der Waals surface area (Å²) in [5.41, 5.74) is 0.270. The van der Waals surface area contributed by atoms with E-state index in [0.29, 0.717) is 6.04 Å². The maximum absolute atomic E-state index is 5.80. The van der Waals surface area contributed by atoms with E-state index in [2.05, 4.69) is 31.0 Å². The highest BCUT2D eigenvalue weighted by atomic mass is 16.5. The van der Waals surface area contributed by atoms with Gasteiger partial charge in [0.05, 0.1) is 6.61 Å². The van der Waals surface area contributed by atoms with Gasteiger partial charge >= 0.3 is 0 Å². The predicted octanol–water partition coefficient (Wildman–Crippen LogP) is 3.31. The number of rotatable bonds is 7. The lowest BCUT2D eigenvalue weighted by Gasteiger charge is -2.46. The third-order valence-electron chi connectivity index (χ3n) is 4.69. The van der Waals surface area contributed by atoms with Crippen LogP contribution in [0.3, 0.4) is 0 Å². The highest BCUT2D eigenvalue weighted by Crippen LogP contribution is 2.20. The van der Waals surface area contributed by atoms with E-state index in [4.69, 9.17) is 4.74 Å². The number of nitrogens with one attached hydrogen (secondary N) is 1. The van der Waals surface area contributed by atoms with E-state index in [1.54, 1.807) is 0 Å². The molecule has 0 aliphatic carbocycles. The zero-order chi connectivity index (χ0) is 15.1. The normalized spacial score (nSPS) is 26.7. The summed E-state index contributed by atoms with van der Waals surface area (Å²) in [6.45, 7) is 11.1. The number of nitrogens with zero attached hydrogens (tertiary/aromatic N) is 1. The molecule has 0 bridgehead atoms. The van der Waals surface area contributed by atoms with Crippen LogP contribution >= 0.6 is 0 Å². The Balaban J connectivity index is 1.77. The first kappa shape index (κ1) is 16.3. The molecule has 1 fully saturated rings. The fourth-order valence-corrected chi connectivity index (χ4v) is 3.00. The topological polar surface area (TPSA) is 24.5 Å². The third kappa shape index (κ3) is 4.72. The van der Waals surface area contributed by atoms with Gasteiger partial charge in [0, 0.05) is 31.2 Å². The van der Waals surface area contributed by atoms with Gasteiger partial charge in [-0.1, -0.05) is 32.0 Å². The molecule has 2 atom stereocenters. The number of hydrogen-bond acceptors (Lipinski definition) is 3. The molecule has 1 saturated heterocycles. The van der Waals surface area contributed by atoms with Gasteiger partial charge in [0.15, 0.2) is 0 Å². The molecule has 1 aliphatic heterocycles. The molecule has 3 nitrogen and oxygen atoms in total. The molecule has 0 amide bonds. The van der Waals surface area contributed by atoms with Crippen molar-refractivity contribution in [2.75, 3.05) is 26.2 Å². The average molecular weight is 290 g/mol. The highest BCUT2D eigenvalue weighted by molar-refractivity contribution is 5.20. The number of benzene rings is 1. The van der Waals surface area contributed by atoms with Crippen LogP contribution in [0.4, 0.5) is 0 Å². The Morgan fingerprint density at radius 3 is 2.71 bits per heavy atom. The number of para-hydroxylation sites is 1. The smallest absolute Gasteiger partial charge is 0.119 e. The third-order valence-corrected chi connectivity index (χ3v) is 4.69. The minimum absolute atomic E-state index is 0.270. The van der Waals surface area contributed by atoms with E-state index in [9.17, 15) is 0 Å². The largest absolute Gasteiger partial charge is 0.494 e. The summed E-state index contributed by atoms with van der Waals surface area (Å²) >= 11 is 0. The van der Waals surface area contributed by atoms with Crippen LogP contribution in [-0.4, -0.2) is 42.7 Å². The Hall–Kier alpha value is -1.06. The molecule has 0 saturated carbocycles. The summed E-state index contributed by atoms with van der Waals surface area (Å²) in [5, 5.41) is 3.72. The first-order valence-electron chi connectivity index (χ1n) is 8.34. The molecule has 0 radical (unpaired) electrons. The molecule has 2 rings (SSSR count). The SMILES string of the molecule is CCC1CNC(C)(CC)CN1CCCOc1ccccc1. The lowest BCUT2D eigenvalue weighted by molar-refractivity contribution is 0.0769. The van der Waals surface area contributed by atoms with Crippen LogP contribution in [0.15, 0.2) is 30.3 Å². The Labute approximate surface area is 129 Å². The van der Waals surface area contributed by atoms with Crippen molar-refractivity contribution in [3.8, 4) is 5.75 Å². The Kier molecular flexibility index (Phi) is 6.07. The van der Waals surface area contributed by atoms with Crippen molar-refractivity contribution in [2.24, 2.45) is 0 Å². The summed E-state index contributed by atoms with van der Waals surface area (Å²) in [6, 6.07) is 10.8. The van der Waals surface area contributed by atoms with Gasteiger partial charge in [-0.3, -0.25) is 4.90 Å². The zero-order valence-electron chi connectivity index (χ0n) is 13.8. The zero-order valence-corrected chi connectivity index (χ0v) is 13.8. The predicted molar refractivity (Wildman–Crippen MR) is 88.9 cm³/mol. The van der Waals surface area contributed by atoms with Gasteiger partial charge in [0.1, 0.15) is 5.75 Å². The van der Waals surface area contributed by atoms with Gasteiger partial charge in [-0.25, -0.2) is 0 Å². The Morgan fingerprint density at radius 1 is 1.29 bits per heavy atom. The summed E-state index contributed by atoms with van der Waals surface area (Å²) in [4.78, 5) is 2.65. The van der Waals surface area contributed by atoms with Crippen LogP contribution in [0.1, 0.15) is 40.0 Å². The van der Waals surface area contributed by atoms with Crippen molar-refractivity contribution in [1.29, 1.82) is 0 Å². The molecular formula is C18H30N2O. The van der Waals surface area contributed by atoms with E-state index in [-0.39, 0.29) is 5.54 Å². The maximum Gasteiger partial charge on any atom is 0.119 e. The minimum Gasteiger partial charge on any atom is -0.494 e. The quantitative estimate of drug-likeness (QED) is 0.780. The summed E-state index contributed by atoms with van der Waals surface area (Å²) in [5.74, 6) is 0.975. The molecule has 0 aromatic heterocycles. The molecule has 0 spiro atoms. The molecule has 1 aliphatic rings. The molecule has 118 valence electrons. The van der Waals surface area contributed by atoms with Crippen LogP contribution in [0, 0.1) is 0 Å². The number of piperazine rings is 1. The van der Waals surface area contributed by atoms with Crippen LogP contribution < -0.4 is 10.1 Å². The molecule has 1 aromatic carbocycles. The lowest BCUT2D eigenvalue weighted by atomic mass is 9.92.